The third kappa shape index (κ3) is 3.40. The van der Waals surface area contributed by atoms with Crippen LogP contribution in [-0.2, 0) is 14.6 Å². The molecule has 116 valence electrons. The molecule has 0 saturated heterocycles. The molecule has 1 aromatic carbocycles. The van der Waals surface area contributed by atoms with Gasteiger partial charge in [-0.25, -0.2) is 17.9 Å². The van der Waals surface area contributed by atoms with Crippen molar-refractivity contribution < 1.29 is 17.9 Å². The van der Waals surface area contributed by atoms with Gasteiger partial charge in [0, 0.05) is 18.5 Å². The Hall–Kier alpha value is -2.48. The summed E-state index contributed by atoms with van der Waals surface area (Å²) in [6.07, 6.45) is 2.45. The third-order valence-corrected chi connectivity index (χ3v) is 3.90. The quantitative estimate of drug-likeness (QED) is 0.773. The molecule has 0 bridgehead atoms. The fraction of sp³-hybridized carbons (Fsp3) is 0.214. The molecule has 0 fully saturated rings. The lowest BCUT2D eigenvalue weighted by molar-refractivity contribution is 0.0515. The van der Waals surface area contributed by atoms with Gasteiger partial charge in [0.25, 0.3) is 0 Å². The Morgan fingerprint density at radius 2 is 2.05 bits per heavy atom. The number of nitrogens with zero attached hydrogens (tertiary/aromatic N) is 2. The number of rotatable bonds is 4. The summed E-state index contributed by atoms with van der Waals surface area (Å²) >= 11 is 0. The Labute approximate surface area is 127 Å². The number of sulfone groups is 1. The molecule has 2 aromatic rings. The first-order valence-corrected chi connectivity index (χ1v) is 8.29. The zero-order valence-electron chi connectivity index (χ0n) is 12.0. The number of carbonyl (C=O) groups is 1. The second kappa shape index (κ2) is 6.10. The summed E-state index contributed by atoms with van der Waals surface area (Å²) in [5, 5.41) is 3.92. The highest BCUT2D eigenvalue weighted by Crippen LogP contribution is 2.14. The summed E-state index contributed by atoms with van der Waals surface area (Å²) in [5.74, 6) is -0.818. The molecule has 2 rings (SSSR count). The number of hydrogen-bond acceptors (Lipinski definition) is 6. The largest absolute Gasteiger partial charge is 0.461 e. The Kier molecular flexibility index (Phi) is 4.41. The maximum Gasteiger partial charge on any atom is 0.362 e. The van der Waals surface area contributed by atoms with E-state index in [1.165, 1.54) is 29.1 Å². The summed E-state index contributed by atoms with van der Waals surface area (Å²) in [6.45, 7) is 1.74. The van der Waals surface area contributed by atoms with Crippen molar-refractivity contribution in [1.29, 1.82) is 0 Å². The number of esters is 1. The Bertz CT molecular complexity index is 871. The second-order valence-corrected chi connectivity index (χ2v) is 6.48. The number of carbonyl (C=O) groups excluding carboxylic acids is 1. The minimum atomic E-state index is -3.37. The van der Waals surface area contributed by atoms with Crippen molar-refractivity contribution in [2.45, 2.75) is 11.8 Å². The van der Waals surface area contributed by atoms with Gasteiger partial charge in [-0.1, -0.05) is 6.07 Å². The first-order valence-electron chi connectivity index (χ1n) is 6.40. The minimum Gasteiger partial charge on any atom is -0.461 e. The number of aromatic nitrogens is 2. The van der Waals surface area contributed by atoms with E-state index in [0.717, 1.165) is 6.26 Å². The Morgan fingerprint density at radius 1 is 1.32 bits per heavy atom. The van der Waals surface area contributed by atoms with E-state index < -0.39 is 21.2 Å². The number of hydrogen-bond donors (Lipinski definition) is 0. The number of ether oxygens (including phenoxy) is 1. The predicted octanol–water partition coefficient (Wildman–Crippen LogP) is 0.813. The van der Waals surface area contributed by atoms with Crippen molar-refractivity contribution in [3.05, 3.63) is 52.4 Å². The molecule has 8 heteroatoms. The first kappa shape index (κ1) is 15.9. The highest BCUT2D eigenvalue weighted by atomic mass is 32.2. The van der Waals surface area contributed by atoms with Crippen LogP contribution in [0.25, 0.3) is 5.69 Å². The molecule has 0 unspecified atom stereocenters. The summed E-state index contributed by atoms with van der Waals surface area (Å²) in [5.41, 5.74) is -0.503. The van der Waals surface area contributed by atoms with Crippen molar-refractivity contribution in [3.63, 3.8) is 0 Å². The van der Waals surface area contributed by atoms with Crippen molar-refractivity contribution in [1.82, 2.24) is 9.78 Å². The highest BCUT2D eigenvalue weighted by molar-refractivity contribution is 7.90. The van der Waals surface area contributed by atoms with Crippen LogP contribution in [0.2, 0.25) is 0 Å². The Morgan fingerprint density at radius 3 is 2.68 bits per heavy atom. The average molecular weight is 322 g/mol. The van der Waals surface area contributed by atoms with Gasteiger partial charge in [0.2, 0.25) is 11.1 Å². The lowest BCUT2D eigenvalue weighted by Crippen LogP contribution is -2.22. The van der Waals surface area contributed by atoms with Crippen molar-refractivity contribution in [2.75, 3.05) is 12.9 Å². The molecule has 1 heterocycles. The van der Waals surface area contributed by atoms with Crippen LogP contribution in [0.1, 0.15) is 17.4 Å². The van der Waals surface area contributed by atoms with Crippen LogP contribution in [0.15, 0.2) is 46.2 Å². The summed E-state index contributed by atoms with van der Waals surface area (Å²) in [6, 6.07) is 7.19. The molecular formula is C14H14N2O5S. The van der Waals surface area contributed by atoms with Gasteiger partial charge in [-0.05, 0) is 25.1 Å². The van der Waals surface area contributed by atoms with Crippen molar-refractivity contribution >= 4 is 15.8 Å². The lowest BCUT2D eigenvalue weighted by Gasteiger charge is -2.08. The monoisotopic (exact) mass is 322 g/mol. The molecule has 22 heavy (non-hydrogen) atoms. The van der Waals surface area contributed by atoms with Crippen molar-refractivity contribution in [3.8, 4) is 5.69 Å². The maximum atomic E-state index is 11.7. The normalized spacial score (nSPS) is 11.2. The maximum absolute atomic E-state index is 11.7. The van der Waals surface area contributed by atoms with E-state index in [1.807, 2.05) is 0 Å². The molecule has 0 aliphatic rings. The summed E-state index contributed by atoms with van der Waals surface area (Å²) in [4.78, 5) is 23.5. The molecule has 0 amide bonds. The third-order valence-electron chi connectivity index (χ3n) is 2.79. The molecule has 0 aliphatic carbocycles. The standard InChI is InChI=1S/C14H14N2O5S/c1-3-21-14(18)13-12(17)7-8-16(15-13)10-5-4-6-11(9-10)22(2,19)20/h4-9H,3H2,1-2H3. The minimum absolute atomic E-state index is 0.114. The SMILES string of the molecule is CCOC(=O)c1nn(-c2cccc(S(C)(=O)=O)c2)ccc1=O. The molecule has 0 saturated carbocycles. The van der Waals surface area contributed by atoms with E-state index >= 15 is 0 Å². The van der Waals surface area contributed by atoms with E-state index in [1.54, 1.807) is 19.1 Å². The van der Waals surface area contributed by atoms with Gasteiger partial charge in [-0.3, -0.25) is 4.79 Å². The van der Waals surface area contributed by atoms with Gasteiger partial charge >= 0.3 is 5.97 Å². The van der Waals surface area contributed by atoms with Gasteiger partial charge < -0.3 is 4.74 Å². The van der Waals surface area contributed by atoms with Crippen LogP contribution in [0.3, 0.4) is 0 Å². The summed E-state index contributed by atoms with van der Waals surface area (Å²) < 4.78 is 29.2. The lowest BCUT2D eigenvalue weighted by atomic mass is 10.3. The molecular weight excluding hydrogens is 308 g/mol. The van der Waals surface area contributed by atoms with E-state index in [2.05, 4.69) is 5.10 Å². The van der Waals surface area contributed by atoms with E-state index in [0.29, 0.717) is 5.69 Å². The smallest absolute Gasteiger partial charge is 0.362 e. The van der Waals surface area contributed by atoms with E-state index in [4.69, 9.17) is 4.74 Å². The zero-order chi connectivity index (χ0) is 16.3. The van der Waals surface area contributed by atoms with Gasteiger partial charge in [0.1, 0.15) is 0 Å². The molecule has 0 N–H and O–H groups in total. The van der Waals surface area contributed by atoms with E-state index in [9.17, 15) is 18.0 Å². The molecule has 7 nitrogen and oxygen atoms in total. The van der Waals surface area contributed by atoms with Gasteiger partial charge in [-0.2, -0.15) is 5.10 Å². The van der Waals surface area contributed by atoms with Gasteiger partial charge in [0.15, 0.2) is 9.84 Å². The van der Waals surface area contributed by atoms with Crippen molar-refractivity contribution in [2.24, 2.45) is 0 Å². The van der Waals surface area contributed by atoms with Gasteiger partial charge in [-0.15, -0.1) is 0 Å². The highest BCUT2D eigenvalue weighted by Gasteiger charge is 2.15. The predicted molar refractivity (Wildman–Crippen MR) is 78.9 cm³/mol. The van der Waals surface area contributed by atoms with E-state index in [-0.39, 0.29) is 17.2 Å². The van der Waals surface area contributed by atoms with Crippen LogP contribution in [-0.4, -0.2) is 37.0 Å². The Balaban J connectivity index is 2.53. The fourth-order valence-corrected chi connectivity index (χ4v) is 2.41. The molecule has 1 aromatic heterocycles. The van der Waals surface area contributed by atoms with Crippen LogP contribution in [0.4, 0.5) is 0 Å². The van der Waals surface area contributed by atoms with Crippen LogP contribution in [0.5, 0.6) is 0 Å². The zero-order valence-corrected chi connectivity index (χ0v) is 12.8. The van der Waals surface area contributed by atoms with Crippen LogP contribution < -0.4 is 5.43 Å². The molecule has 0 spiro atoms. The average Bonchev–Trinajstić information content (AvgIpc) is 2.47. The van der Waals surface area contributed by atoms with Gasteiger partial charge in [0.05, 0.1) is 17.2 Å². The number of benzene rings is 1. The topological polar surface area (TPSA) is 95.3 Å². The second-order valence-electron chi connectivity index (χ2n) is 4.46. The molecule has 0 atom stereocenters. The van der Waals surface area contributed by atoms with Crippen LogP contribution in [0, 0.1) is 0 Å². The fourth-order valence-electron chi connectivity index (χ4n) is 1.75. The molecule has 0 radical (unpaired) electrons. The summed E-state index contributed by atoms with van der Waals surface area (Å²) in [7, 11) is -3.37. The van der Waals surface area contributed by atoms with Crippen LogP contribution >= 0.6 is 0 Å². The first-order chi connectivity index (χ1) is 10.3. The molecule has 0 aliphatic heterocycles.